The quantitative estimate of drug-likeness (QED) is 0.0721. The van der Waals surface area contributed by atoms with Crippen LogP contribution in [0.3, 0.4) is 0 Å². The molecule has 12 nitrogen and oxygen atoms in total. The van der Waals surface area contributed by atoms with E-state index in [1.165, 1.54) is 28.9 Å². The van der Waals surface area contributed by atoms with Gasteiger partial charge in [0, 0.05) is 6.42 Å². The zero-order valence-electron chi connectivity index (χ0n) is 15.5. The molecule has 1 aliphatic rings. The van der Waals surface area contributed by atoms with E-state index in [0.29, 0.717) is 5.56 Å². The van der Waals surface area contributed by atoms with Crippen molar-refractivity contribution in [3.8, 4) is 0 Å². The number of benzene rings is 1. The van der Waals surface area contributed by atoms with Crippen molar-refractivity contribution in [2.45, 2.75) is 27.3 Å². The predicted octanol–water partition coefficient (Wildman–Crippen LogP) is 0.184. The van der Waals surface area contributed by atoms with E-state index in [1.807, 2.05) is 0 Å². The number of aromatic nitrogens is 4. The number of halogens is 1. The molecule has 3 heterocycles. The molecule has 5 N–H and O–H groups in total. The van der Waals surface area contributed by atoms with Crippen LogP contribution in [0.1, 0.15) is 5.56 Å². The van der Waals surface area contributed by atoms with Gasteiger partial charge in [-0.25, -0.2) is 9.97 Å². The minimum absolute atomic E-state index is 0.0761. The second-order valence-electron chi connectivity index (χ2n) is 7.06. The molecule has 4 rings (SSSR count). The van der Waals surface area contributed by atoms with Crippen molar-refractivity contribution in [1.82, 2.24) is 19.5 Å². The maximum absolute atomic E-state index is 12.2. The summed E-state index contributed by atoms with van der Waals surface area (Å²) >= 11 is 6.49. The normalized spacial score (nSPS) is 30.0. The highest BCUT2D eigenvalue weighted by atomic mass is 127. The lowest BCUT2D eigenvalue weighted by Crippen LogP contribution is -2.70. The summed E-state index contributed by atoms with van der Waals surface area (Å²) in [7, 11) is 0. The van der Waals surface area contributed by atoms with Gasteiger partial charge in [-0.05, 0) is 28.2 Å². The summed E-state index contributed by atoms with van der Waals surface area (Å²) in [5.74, 6) is -3.52. The van der Waals surface area contributed by atoms with Crippen molar-refractivity contribution >= 4 is 46.0 Å². The second-order valence-corrected chi connectivity index (χ2v) is 9.19. The van der Waals surface area contributed by atoms with Crippen LogP contribution in [0, 0.1) is 14.8 Å². The lowest BCUT2D eigenvalue weighted by Gasteiger charge is -2.37. The topological polar surface area (TPSA) is 180 Å². The number of nitro groups is 1. The molecule has 0 unspecified atom stereocenters. The van der Waals surface area contributed by atoms with Crippen molar-refractivity contribution < 1.29 is 30.1 Å². The predicted molar refractivity (Wildman–Crippen MR) is 115 cm³/mol. The number of nitrogens with zero attached hydrogens (tertiary/aromatic N) is 4. The molecule has 2 aromatic heterocycles. The fourth-order valence-corrected chi connectivity index (χ4v) is 4.76. The van der Waals surface area contributed by atoms with Gasteiger partial charge in [-0.1, -0.05) is 42.5 Å². The number of alkyl halides is 1. The van der Waals surface area contributed by atoms with Crippen LogP contribution in [0.2, 0.25) is 0 Å². The van der Waals surface area contributed by atoms with Crippen molar-refractivity contribution in [3.05, 3.63) is 63.3 Å². The van der Waals surface area contributed by atoms with Crippen LogP contribution in [0.5, 0.6) is 0 Å². The summed E-state index contributed by atoms with van der Waals surface area (Å²) in [5.41, 5.74) is -5.32. The number of fused-ring (bicyclic) bond motifs is 1. The molecule has 31 heavy (non-hydrogen) atoms. The third-order valence-electron chi connectivity index (χ3n) is 5.38. The molecule has 1 fully saturated rings. The molecule has 0 radical (unpaired) electrons. The molecule has 164 valence electrons. The highest BCUT2D eigenvalue weighted by molar-refractivity contribution is 14.1. The third kappa shape index (κ3) is 2.80. The number of hydrogen-bond acceptors (Lipinski definition) is 10. The number of rotatable bonds is 5. The number of aliphatic hydroxyl groups excluding tert-OH is 1. The number of aromatic amines is 1. The zero-order chi connectivity index (χ0) is 22.7. The van der Waals surface area contributed by atoms with Crippen molar-refractivity contribution in [2.24, 2.45) is 0 Å². The number of nitrogens with one attached hydrogen (secondary N) is 1. The van der Waals surface area contributed by atoms with E-state index >= 15 is 0 Å². The molecule has 1 aromatic carbocycles. The SMILES string of the molecule is O=[N+]([O-])[C@@]1(O)C(O)(O)[C@@](I)(CO)O[C@@]1(Cc1ccccc1)n1cnc2c(=S)nc[nH]c21. The number of ether oxygens (including phenoxy) is 1. The Morgan fingerprint density at radius 2 is 1.94 bits per heavy atom. The second kappa shape index (κ2) is 7.22. The van der Waals surface area contributed by atoms with Gasteiger partial charge in [-0.3, -0.25) is 14.7 Å². The Morgan fingerprint density at radius 1 is 1.26 bits per heavy atom. The fraction of sp³-hybridized carbons (Fsp3) is 0.353. The van der Waals surface area contributed by atoms with Gasteiger partial charge < -0.3 is 30.1 Å². The molecule has 0 aliphatic carbocycles. The van der Waals surface area contributed by atoms with Gasteiger partial charge in [0.15, 0.2) is 4.64 Å². The molecule has 3 aromatic rings. The lowest BCUT2D eigenvalue weighted by atomic mass is 9.86. The monoisotopic (exact) mass is 561 g/mol. The Kier molecular flexibility index (Phi) is 5.16. The third-order valence-corrected chi connectivity index (χ3v) is 6.99. The Balaban J connectivity index is 2.11. The molecule has 1 aliphatic heterocycles. The molecular weight excluding hydrogens is 545 g/mol. The molecule has 0 bridgehead atoms. The average Bonchev–Trinajstić information content (AvgIpc) is 3.23. The summed E-state index contributed by atoms with van der Waals surface area (Å²) in [4.78, 5) is 21.8. The van der Waals surface area contributed by atoms with E-state index in [9.17, 15) is 30.5 Å². The smallest absolute Gasteiger partial charge is 0.392 e. The highest BCUT2D eigenvalue weighted by Crippen LogP contribution is 2.58. The molecule has 3 atom stereocenters. The van der Waals surface area contributed by atoms with E-state index in [4.69, 9.17) is 17.0 Å². The van der Waals surface area contributed by atoms with Gasteiger partial charge in [0.05, 0.1) is 24.2 Å². The Hall–Kier alpha value is -2.08. The van der Waals surface area contributed by atoms with Gasteiger partial charge in [0.2, 0.25) is 3.61 Å². The first kappa shape index (κ1) is 22.1. The van der Waals surface area contributed by atoms with Gasteiger partial charge in [0.1, 0.15) is 11.2 Å². The van der Waals surface area contributed by atoms with Crippen LogP contribution in [-0.4, -0.2) is 66.6 Å². The fourth-order valence-electron chi connectivity index (χ4n) is 3.82. The van der Waals surface area contributed by atoms with Crippen LogP contribution >= 0.6 is 34.8 Å². The Bertz CT molecular complexity index is 1220. The Labute approximate surface area is 192 Å². The first-order valence-corrected chi connectivity index (χ1v) is 10.3. The van der Waals surface area contributed by atoms with Crippen LogP contribution in [0.4, 0.5) is 0 Å². The van der Waals surface area contributed by atoms with Crippen LogP contribution in [-0.2, 0) is 16.9 Å². The summed E-state index contributed by atoms with van der Waals surface area (Å²) in [5, 5.41) is 55.2. The Morgan fingerprint density at radius 3 is 2.55 bits per heavy atom. The van der Waals surface area contributed by atoms with E-state index < -0.39 is 38.8 Å². The molecule has 0 spiro atoms. The maximum atomic E-state index is 12.2. The molecular formula is C17H16IN5O7S. The molecule has 0 amide bonds. The zero-order valence-corrected chi connectivity index (χ0v) is 18.5. The average molecular weight is 561 g/mol. The number of imidazole rings is 1. The lowest BCUT2D eigenvalue weighted by molar-refractivity contribution is -0.683. The number of H-pyrrole nitrogens is 1. The van der Waals surface area contributed by atoms with Gasteiger partial charge in [-0.15, -0.1) is 0 Å². The van der Waals surface area contributed by atoms with Gasteiger partial charge >= 0.3 is 11.5 Å². The van der Waals surface area contributed by atoms with Gasteiger partial charge in [-0.2, -0.15) is 0 Å². The number of hydrogen-bond donors (Lipinski definition) is 5. The van der Waals surface area contributed by atoms with E-state index in [1.54, 1.807) is 30.3 Å². The van der Waals surface area contributed by atoms with Crippen LogP contribution in [0.25, 0.3) is 11.2 Å². The first-order chi connectivity index (χ1) is 14.5. The minimum Gasteiger partial charge on any atom is -0.392 e. The van der Waals surface area contributed by atoms with E-state index in [0.717, 1.165) is 10.9 Å². The summed E-state index contributed by atoms with van der Waals surface area (Å²) < 4.78 is 4.65. The van der Waals surface area contributed by atoms with Crippen molar-refractivity contribution in [2.75, 3.05) is 6.61 Å². The molecule has 1 saturated heterocycles. The van der Waals surface area contributed by atoms with Gasteiger partial charge in [0.25, 0.3) is 5.72 Å². The largest absolute Gasteiger partial charge is 0.428 e. The van der Waals surface area contributed by atoms with E-state index in [2.05, 4.69) is 15.0 Å². The highest BCUT2D eigenvalue weighted by Gasteiger charge is 2.88. The van der Waals surface area contributed by atoms with Crippen LogP contribution in [0.15, 0.2) is 43.0 Å². The summed E-state index contributed by atoms with van der Waals surface area (Å²) in [6.07, 6.45) is 1.95. The summed E-state index contributed by atoms with van der Waals surface area (Å²) in [6, 6.07) is 8.30. The molecule has 0 saturated carbocycles. The molecule has 14 heteroatoms. The standard InChI is InChI=1S/C17H16IN5O7S/c18-14(7-24)17(26,27)16(25,23(28)29)15(30-14,6-10-4-2-1-3-5-10)22-9-21-11-12(22)19-8-20-13(11)31/h1-5,8-9,24-27H,6-7H2,(H,19,20,31)/t14-,15-,16+/m1/s1. The first-order valence-electron chi connectivity index (χ1n) is 8.81. The van der Waals surface area contributed by atoms with Crippen LogP contribution < -0.4 is 0 Å². The van der Waals surface area contributed by atoms with E-state index in [-0.39, 0.29) is 15.8 Å². The minimum atomic E-state index is -3.55. The maximum Gasteiger partial charge on any atom is 0.428 e. The van der Waals surface area contributed by atoms with Crippen molar-refractivity contribution in [3.63, 3.8) is 0 Å². The summed E-state index contributed by atoms with van der Waals surface area (Å²) in [6.45, 7) is -1.06. The number of aliphatic hydroxyl groups is 4. The van der Waals surface area contributed by atoms with Crippen molar-refractivity contribution in [1.29, 1.82) is 0 Å².